The predicted octanol–water partition coefficient (Wildman–Crippen LogP) is 2.62. The Morgan fingerprint density at radius 1 is 1.25 bits per heavy atom. The number of rotatable bonds is 12. The summed E-state index contributed by atoms with van der Waals surface area (Å²) in [6.07, 6.45) is 7.27. The van der Waals surface area contributed by atoms with Crippen molar-refractivity contribution in [3.05, 3.63) is 42.5 Å². The Hall–Kier alpha value is -1.36. The van der Waals surface area contributed by atoms with Crippen molar-refractivity contribution >= 4 is 0 Å². The Morgan fingerprint density at radius 3 is 2.83 bits per heavy atom. The van der Waals surface area contributed by atoms with E-state index in [0.717, 1.165) is 30.7 Å². The first-order valence-electron chi connectivity index (χ1n) is 9.22. The second-order valence-electron chi connectivity index (χ2n) is 6.53. The van der Waals surface area contributed by atoms with Crippen LogP contribution in [0.3, 0.4) is 0 Å². The Balaban J connectivity index is 1.53. The number of likely N-dealkylation sites (tertiary alicyclic amines) is 1. The zero-order valence-corrected chi connectivity index (χ0v) is 14.8. The number of para-hydroxylation sites is 1. The highest BCUT2D eigenvalue weighted by atomic mass is 16.5. The van der Waals surface area contributed by atoms with Crippen LogP contribution in [-0.4, -0.2) is 55.4 Å². The van der Waals surface area contributed by atoms with Gasteiger partial charge in [0.2, 0.25) is 0 Å². The zero-order valence-electron chi connectivity index (χ0n) is 14.8. The van der Waals surface area contributed by atoms with Crippen molar-refractivity contribution in [1.29, 1.82) is 0 Å². The molecular weight excluding hydrogens is 300 g/mol. The summed E-state index contributed by atoms with van der Waals surface area (Å²) in [5, 5.41) is 13.4. The summed E-state index contributed by atoms with van der Waals surface area (Å²) in [4.78, 5) is 2.55. The maximum atomic E-state index is 10.0. The van der Waals surface area contributed by atoms with E-state index in [4.69, 9.17) is 4.74 Å². The molecule has 1 saturated heterocycles. The molecule has 1 heterocycles. The minimum atomic E-state index is -0.486. The van der Waals surface area contributed by atoms with Crippen molar-refractivity contribution in [3.8, 4) is 5.75 Å². The molecule has 0 radical (unpaired) electrons. The summed E-state index contributed by atoms with van der Waals surface area (Å²) in [5.74, 6) is 0.835. The second kappa shape index (κ2) is 11.2. The Kier molecular flexibility index (Phi) is 8.88. The number of benzene rings is 1. The molecule has 2 rings (SSSR count). The van der Waals surface area contributed by atoms with E-state index >= 15 is 0 Å². The average Bonchev–Trinajstić information content (AvgIpc) is 3.11. The molecule has 0 amide bonds. The molecule has 1 atom stereocenters. The Labute approximate surface area is 146 Å². The highest BCUT2D eigenvalue weighted by Crippen LogP contribution is 2.18. The predicted molar refractivity (Wildman–Crippen MR) is 99.6 cm³/mol. The van der Waals surface area contributed by atoms with Gasteiger partial charge in [0.05, 0.1) is 0 Å². The first kappa shape index (κ1) is 19.0. The molecule has 134 valence electrons. The van der Waals surface area contributed by atoms with Gasteiger partial charge >= 0.3 is 0 Å². The quantitative estimate of drug-likeness (QED) is 0.456. The summed E-state index contributed by atoms with van der Waals surface area (Å²) in [7, 11) is 0. The van der Waals surface area contributed by atoms with Gasteiger partial charge in [-0.05, 0) is 69.9 Å². The topological polar surface area (TPSA) is 44.7 Å². The number of unbranched alkanes of at least 4 members (excludes halogenated alkanes) is 1. The molecule has 1 fully saturated rings. The van der Waals surface area contributed by atoms with E-state index in [9.17, 15) is 5.11 Å². The monoisotopic (exact) mass is 332 g/mol. The molecule has 24 heavy (non-hydrogen) atoms. The summed E-state index contributed by atoms with van der Waals surface area (Å²) in [5.41, 5.74) is 1.11. The minimum absolute atomic E-state index is 0.314. The van der Waals surface area contributed by atoms with Gasteiger partial charge in [-0.25, -0.2) is 0 Å². The van der Waals surface area contributed by atoms with Crippen molar-refractivity contribution in [2.24, 2.45) is 0 Å². The van der Waals surface area contributed by atoms with Gasteiger partial charge in [-0.2, -0.15) is 0 Å². The van der Waals surface area contributed by atoms with Crippen LogP contribution in [-0.2, 0) is 6.42 Å². The van der Waals surface area contributed by atoms with E-state index in [1.807, 2.05) is 30.3 Å². The lowest BCUT2D eigenvalue weighted by Gasteiger charge is -2.16. The van der Waals surface area contributed by atoms with Gasteiger partial charge < -0.3 is 20.1 Å². The largest absolute Gasteiger partial charge is 0.491 e. The molecule has 0 bridgehead atoms. The molecule has 1 unspecified atom stereocenters. The molecule has 0 aliphatic carbocycles. The molecule has 0 spiro atoms. The van der Waals surface area contributed by atoms with Crippen LogP contribution in [0.25, 0.3) is 0 Å². The molecule has 1 aromatic carbocycles. The highest BCUT2D eigenvalue weighted by Gasteiger charge is 2.10. The van der Waals surface area contributed by atoms with Crippen LogP contribution >= 0.6 is 0 Å². The van der Waals surface area contributed by atoms with Crippen molar-refractivity contribution < 1.29 is 9.84 Å². The molecule has 1 aromatic rings. The fourth-order valence-electron chi connectivity index (χ4n) is 3.07. The van der Waals surface area contributed by atoms with Gasteiger partial charge in [0, 0.05) is 6.54 Å². The van der Waals surface area contributed by atoms with E-state index in [1.54, 1.807) is 0 Å². The average molecular weight is 332 g/mol. The van der Waals surface area contributed by atoms with Crippen LogP contribution in [0.1, 0.15) is 31.2 Å². The van der Waals surface area contributed by atoms with Gasteiger partial charge in [-0.3, -0.25) is 0 Å². The normalized spacial score (nSPS) is 16.2. The van der Waals surface area contributed by atoms with Crippen molar-refractivity contribution in [2.75, 3.05) is 39.3 Å². The van der Waals surface area contributed by atoms with Crippen molar-refractivity contribution in [3.63, 3.8) is 0 Å². The van der Waals surface area contributed by atoms with E-state index in [-0.39, 0.29) is 0 Å². The number of aliphatic hydroxyl groups excluding tert-OH is 1. The van der Waals surface area contributed by atoms with Gasteiger partial charge in [0.1, 0.15) is 18.5 Å². The molecule has 1 aliphatic heterocycles. The number of nitrogens with zero attached hydrogens (tertiary/aromatic N) is 1. The molecule has 4 heteroatoms. The third-order valence-electron chi connectivity index (χ3n) is 4.42. The summed E-state index contributed by atoms with van der Waals surface area (Å²) >= 11 is 0. The first-order chi connectivity index (χ1) is 11.8. The third-order valence-corrected chi connectivity index (χ3v) is 4.42. The van der Waals surface area contributed by atoms with E-state index in [0.29, 0.717) is 13.2 Å². The van der Waals surface area contributed by atoms with Crippen molar-refractivity contribution in [2.45, 2.75) is 38.2 Å². The van der Waals surface area contributed by atoms with E-state index in [1.165, 1.54) is 38.9 Å². The SMILES string of the molecule is C=CCc1ccccc1OCC(O)CNCCCCN1CCCC1. The first-order valence-corrected chi connectivity index (χ1v) is 9.22. The third kappa shape index (κ3) is 7.04. The second-order valence-corrected chi connectivity index (χ2v) is 6.53. The maximum Gasteiger partial charge on any atom is 0.122 e. The molecular formula is C20H32N2O2. The van der Waals surface area contributed by atoms with Crippen LogP contribution in [0.2, 0.25) is 0 Å². The standard InChI is InChI=1S/C20H32N2O2/c1-2-9-18-10-3-4-11-20(18)24-17-19(23)16-21-12-5-6-13-22-14-7-8-15-22/h2-4,10-11,19,21,23H,1,5-9,12-17H2. The molecule has 1 aliphatic rings. The number of hydrogen-bond donors (Lipinski definition) is 2. The maximum absolute atomic E-state index is 10.0. The molecule has 0 aromatic heterocycles. The highest BCUT2D eigenvalue weighted by molar-refractivity contribution is 5.34. The van der Waals surface area contributed by atoms with Gasteiger partial charge in [0.15, 0.2) is 0 Å². The number of allylic oxidation sites excluding steroid dienone is 1. The number of aliphatic hydroxyl groups is 1. The molecule has 4 nitrogen and oxygen atoms in total. The van der Waals surface area contributed by atoms with Crippen LogP contribution in [0.4, 0.5) is 0 Å². The number of hydrogen-bond acceptors (Lipinski definition) is 4. The van der Waals surface area contributed by atoms with Crippen molar-refractivity contribution in [1.82, 2.24) is 10.2 Å². The summed E-state index contributed by atoms with van der Waals surface area (Å²) in [6, 6.07) is 7.91. The molecule has 0 saturated carbocycles. The van der Waals surface area contributed by atoms with Crippen LogP contribution in [0.15, 0.2) is 36.9 Å². The Morgan fingerprint density at radius 2 is 2.04 bits per heavy atom. The fourth-order valence-corrected chi connectivity index (χ4v) is 3.07. The fraction of sp³-hybridized carbons (Fsp3) is 0.600. The zero-order chi connectivity index (χ0) is 17.0. The number of nitrogens with one attached hydrogen (secondary N) is 1. The minimum Gasteiger partial charge on any atom is -0.491 e. The Bertz CT molecular complexity index is 472. The molecule has 2 N–H and O–H groups in total. The van der Waals surface area contributed by atoms with Crippen LogP contribution in [0.5, 0.6) is 5.75 Å². The lowest BCUT2D eigenvalue weighted by molar-refractivity contribution is 0.106. The lowest BCUT2D eigenvalue weighted by Crippen LogP contribution is -2.32. The number of ether oxygens (including phenoxy) is 1. The van der Waals surface area contributed by atoms with Crippen LogP contribution < -0.4 is 10.1 Å². The summed E-state index contributed by atoms with van der Waals surface area (Å²) in [6.45, 7) is 9.38. The van der Waals surface area contributed by atoms with Gasteiger partial charge in [-0.15, -0.1) is 6.58 Å². The van der Waals surface area contributed by atoms with E-state index in [2.05, 4.69) is 16.8 Å². The smallest absolute Gasteiger partial charge is 0.122 e. The van der Waals surface area contributed by atoms with Gasteiger partial charge in [0.25, 0.3) is 0 Å². The van der Waals surface area contributed by atoms with Crippen LogP contribution in [0, 0.1) is 0 Å². The van der Waals surface area contributed by atoms with Gasteiger partial charge in [-0.1, -0.05) is 24.3 Å². The van der Waals surface area contributed by atoms with E-state index < -0.39 is 6.10 Å². The summed E-state index contributed by atoms with van der Waals surface area (Å²) < 4.78 is 5.75. The lowest BCUT2D eigenvalue weighted by atomic mass is 10.1.